The van der Waals surface area contributed by atoms with E-state index in [-0.39, 0.29) is 5.78 Å². The van der Waals surface area contributed by atoms with Crippen LogP contribution in [-0.2, 0) is 16.1 Å². The van der Waals surface area contributed by atoms with Gasteiger partial charge in [0.1, 0.15) is 0 Å². The van der Waals surface area contributed by atoms with Gasteiger partial charge in [-0.05, 0) is 28.8 Å². The van der Waals surface area contributed by atoms with E-state index < -0.39 is 5.91 Å². The van der Waals surface area contributed by atoms with Gasteiger partial charge in [0.05, 0.1) is 13.2 Å². The summed E-state index contributed by atoms with van der Waals surface area (Å²) in [6.45, 7) is 4.29. The molecule has 0 unspecified atom stereocenters. The van der Waals surface area contributed by atoms with Crippen molar-refractivity contribution < 1.29 is 19.5 Å². The molecule has 0 aliphatic carbocycles. The zero-order valence-electron chi connectivity index (χ0n) is 16.1. The van der Waals surface area contributed by atoms with Crippen molar-refractivity contribution in [3.8, 4) is 0 Å². The molecule has 1 fully saturated rings. The molecule has 3 rings (SSSR count). The lowest BCUT2D eigenvalue weighted by Gasteiger charge is -2.26. The van der Waals surface area contributed by atoms with E-state index in [0.717, 1.165) is 44.0 Å². The van der Waals surface area contributed by atoms with Crippen molar-refractivity contribution in [2.45, 2.75) is 6.54 Å². The van der Waals surface area contributed by atoms with Crippen molar-refractivity contribution in [1.82, 2.24) is 10.4 Å². The lowest BCUT2D eigenvalue weighted by atomic mass is 10.1. The van der Waals surface area contributed by atoms with Crippen LogP contribution >= 0.6 is 0 Å². The predicted octanol–water partition coefficient (Wildman–Crippen LogP) is 2.93. The summed E-state index contributed by atoms with van der Waals surface area (Å²) in [4.78, 5) is 25.7. The summed E-state index contributed by atoms with van der Waals surface area (Å²) in [5.41, 5.74) is 5.07. The molecule has 1 aliphatic rings. The molecule has 0 spiro atoms. The Morgan fingerprint density at radius 2 is 1.52 bits per heavy atom. The number of amides is 1. The minimum atomic E-state index is -0.587. The molecule has 0 bridgehead atoms. The highest BCUT2D eigenvalue weighted by Gasteiger charge is 2.11. The summed E-state index contributed by atoms with van der Waals surface area (Å²) in [7, 11) is 0. The van der Waals surface area contributed by atoms with Crippen molar-refractivity contribution in [3.05, 3.63) is 82.9 Å². The van der Waals surface area contributed by atoms with Crippen molar-refractivity contribution in [2.24, 2.45) is 0 Å². The van der Waals surface area contributed by atoms with Gasteiger partial charge in [-0.15, -0.1) is 0 Å². The average Bonchev–Trinajstić information content (AvgIpc) is 2.77. The molecule has 6 nitrogen and oxygen atoms in total. The fourth-order valence-corrected chi connectivity index (χ4v) is 2.99. The quantitative estimate of drug-likeness (QED) is 0.328. The van der Waals surface area contributed by atoms with Crippen LogP contribution in [0.1, 0.15) is 27.0 Å². The maximum Gasteiger partial charge on any atom is 0.267 e. The molecule has 1 aliphatic heterocycles. The molecule has 29 heavy (non-hydrogen) atoms. The van der Waals surface area contributed by atoms with E-state index in [2.05, 4.69) is 4.90 Å². The number of ketones is 1. The van der Waals surface area contributed by atoms with Crippen molar-refractivity contribution in [3.63, 3.8) is 0 Å². The number of carbonyl (C=O) groups is 2. The van der Waals surface area contributed by atoms with Gasteiger partial charge in [0, 0.05) is 31.3 Å². The molecule has 1 heterocycles. The van der Waals surface area contributed by atoms with Crippen LogP contribution in [0.3, 0.4) is 0 Å². The Kier molecular flexibility index (Phi) is 7.47. The Labute approximate surface area is 170 Å². The van der Waals surface area contributed by atoms with E-state index in [1.54, 1.807) is 18.2 Å². The molecule has 0 aromatic heterocycles. The highest BCUT2D eigenvalue weighted by Crippen LogP contribution is 2.12. The van der Waals surface area contributed by atoms with E-state index in [1.807, 2.05) is 48.5 Å². The monoisotopic (exact) mass is 392 g/mol. The Morgan fingerprint density at radius 3 is 2.10 bits per heavy atom. The van der Waals surface area contributed by atoms with Gasteiger partial charge in [0.25, 0.3) is 5.91 Å². The molecule has 2 aromatic carbocycles. The third kappa shape index (κ3) is 6.50. The number of ether oxygens (including phenoxy) is 1. The Bertz CT molecular complexity index is 880. The third-order valence-corrected chi connectivity index (χ3v) is 4.65. The van der Waals surface area contributed by atoms with Gasteiger partial charge in [-0.3, -0.25) is 19.7 Å². The summed E-state index contributed by atoms with van der Waals surface area (Å²) in [6, 6.07) is 15.1. The zero-order chi connectivity index (χ0) is 20.5. The number of allylic oxidation sites excluding steroid dienone is 1. The van der Waals surface area contributed by atoms with Gasteiger partial charge in [0.15, 0.2) is 5.78 Å². The highest BCUT2D eigenvalue weighted by atomic mass is 16.5. The summed E-state index contributed by atoms with van der Waals surface area (Å²) < 4.78 is 5.36. The van der Waals surface area contributed by atoms with Gasteiger partial charge >= 0.3 is 0 Å². The van der Waals surface area contributed by atoms with E-state index >= 15 is 0 Å². The normalized spacial score (nSPS) is 15.1. The summed E-state index contributed by atoms with van der Waals surface area (Å²) in [5.74, 6) is -0.637. The summed E-state index contributed by atoms with van der Waals surface area (Å²) >= 11 is 0. The van der Waals surface area contributed by atoms with Gasteiger partial charge in [-0.1, -0.05) is 54.6 Å². The fourth-order valence-electron chi connectivity index (χ4n) is 2.99. The van der Waals surface area contributed by atoms with Crippen molar-refractivity contribution in [1.29, 1.82) is 0 Å². The molecule has 6 heteroatoms. The van der Waals surface area contributed by atoms with E-state index in [0.29, 0.717) is 5.56 Å². The lowest BCUT2D eigenvalue weighted by Crippen LogP contribution is -2.35. The number of morpholine rings is 1. The molecule has 0 radical (unpaired) electrons. The number of rotatable bonds is 7. The van der Waals surface area contributed by atoms with Crippen LogP contribution < -0.4 is 5.48 Å². The third-order valence-electron chi connectivity index (χ3n) is 4.65. The molecule has 1 saturated heterocycles. The first-order chi connectivity index (χ1) is 14.1. The first-order valence-electron chi connectivity index (χ1n) is 9.48. The Balaban J connectivity index is 1.55. The number of hydrogen-bond acceptors (Lipinski definition) is 5. The maximum atomic E-state index is 12.4. The molecule has 150 valence electrons. The van der Waals surface area contributed by atoms with Gasteiger partial charge in [-0.25, -0.2) is 5.48 Å². The molecule has 2 aromatic rings. The smallest absolute Gasteiger partial charge is 0.267 e. The van der Waals surface area contributed by atoms with Gasteiger partial charge in [-0.2, -0.15) is 0 Å². The van der Waals surface area contributed by atoms with Crippen LogP contribution in [-0.4, -0.2) is 48.1 Å². The number of benzene rings is 2. The van der Waals surface area contributed by atoms with Crippen molar-refractivity contribution >= 4 is 23.8 Å². The van der Waals surface area contributed by atoms with E-state index in [1.165, 1.54) is 17.1 Å². The summed E-state index contributed by atoms with van der Waals surface area (Å²) in [6.07, 6.45) is 6.14. The first-order valence-corrected chi connectivity index (χ1v) is 9.48. The standard InChI is InChI=1S/C23H24N2O4/c26-22(11-7-18-1-3-19(4-2-18)8-12-23(27)24-28)21-9-5-20(6-10-21)17-25-13-15-29-16-14-25/h1-12,28H,13-17H2,(H,24,27)/b11-7+,12-8+. The van der Waals surface area contributed by atoms with E-state index in [4.69, 9.17) is 9.94 Å². The molecule has 0 atom stereocenters. The van der Waals surface area contributed by atoms with E-state index in [9.17, 15) is 9.59 Å². The zero-order valence-corrected chi connectivity index (χ0v) is 16.1. The van der Waals surface area contributed by atoms with Crippen LogP contribution in [0.5, 0.6) is 0 Å². The lowest BCUT2D eigenvalue weighted by molar-refractivity contribution is -0.124. The number of carbonyl (C=O) groups excluding carboxylic acids is 2. The molecule has 0 saturated carbocycles. The molecule has 2 N–H and O–H groups in total. The molecular weight excluding hydrogens is 368 g/mol. The van der Waals surface area contributed by atoms with Crippen LogP contribution in [0.15, 0.2) is 60.7 Å². The second-order valence-electron chi connectivity index (χ2n) is 6.76. The highest BCUT2D eigenvalue weighted by molar-refractivity contribution is 6.06. The van der Waals surface area contributed by atoms with Gasteiger partial charge < -0.3 is 4.74 Å². The number of hydroxylamine groups is 1. The minimum absolute atomic E-state index is 0.0495. The number of hydrogen-bond donors (Lipinski definition) is 2. The average molecular weight is 392 g/mol. The summed E-state index contributed by atoms with van der Waals surface area (Å²) in [5, 5.41) is 8.46. The fraction of sp³-hybridized carbons (Fsp3) is 0.217. The molecule has 1 amide bonds. The Hall–Kier alpha value is -3.06. The largest absolute Gasteiger partial charge is 0.379 e. The topological polar surface area (TPSA) is 78.9 Å². The number of nitrogens with one attached hydrogen (secondary N) is 1. The second-order valence-corrected chi connectivity index (χ2v) is 6.76. The van der Waals surface area contributed by atoms with Crippen molar-refractivity contribution in [2.75, 3.05) is 26.3 Å². The second kappa shape index (κ2) is 10.5. The van der Waals surface area contributed by atoms with Crippen LogP contribution in [0.25, 0.3) is 12.2 Å². The SMILES string of the molecule is O=C(/C=C/c1ccc(/C=C/C(=O)c2ccc(CN3CCOCC3)cc2)cc1)NO. The first kappa shape index (κ1) is 20.7. The maximum absolute atomic E-state index is 12.4. The van der Waals surface area contributed by atoms with Gasteiger partial charge in [0.2, 0.25) is 0 Å². The molecular formula is C23H24N2O4. The Morgan fingerprint density at radius 1 is 0.931 bits per heavy atom. The van der Waals surface area contributed by atoms with Crippen LogP contribution in [0, 0.1) is 0 Å². The number of nitrogens with zero attached hydrogens (tertiary/aromatic N) is 1. The predicted molar refractivity (Wildman–Crippen MR) is 111 cm³/mol. The van der Waals surface area contributed by atoms with Crippen LogP contribution in [0.2, 0.25) is 0 Å². The van der Waals surface area contributed by atoms with Crippen LogP contribution in [0.4, 0.5) is 0 Å². The minimum Gasteiger partial charge on any atom is -0.379 e.